The summed E-state index contributed by atoms with van der Waals surface area (Å²) in [5.41, 5.74) is 4.04. The molecule has 29 heavy (non-hydrogen) atoms. The van der Waals surface area contributed by atoms with Gasteiger partial charge in [-0.05, 0) is 57.9 Å². The first-order valence-corrected chi connectivity index (χ1v) is 10.1. The second-order valence-electron chi connectivity index (χ2n) is 7.99. The van der Waals surface area contributed by atoms with Crippen molar-refractivity contribution in [2.45, 2.75) is 46.7 Å². The number of ketones is 1. The van der Waals surface area contributed by atoms with Gasteiger partial charge in [0.15, 0.2) is 6.54 Å². The number of ether oxygens (including phenoxy) is 1. The highest BCUT2D eigenvalue weighted by Crippen LogP contribution is 2.17. The molecule has 1 amide bonds. The standard InChI is InChI=1S/C23H33N3O3/c1-16(2)24-23(28)15-25(5)14-22(27)21-13-17(3)26(18(21)4)12-11-19-7-9-20(29-6)10-8-19/h7-10,13,16H,11-12,14-15H2,1-6H3,(H,24,28)/p+1. The molecule has 0 saturated heterocycles. The molecule has 0 saturated carbocycles. The third kappa shape index (κ3) is 6.46. The van der Waals surface area contributed by atoms with E-state index in [0.29, 0.717) is 13.1 Å². The molecule has 0 spiro atoms. The molecule has 2 rings (SSSR count). The van der Waals surface area contributed by atoms with Crippen molar-refractivity contribution < 1.29 is 19.2 Å². The Kier molecular flexibility index (Phi) is 8.02. The third-order valence-electron chi connectivity index (χ3n) is 5.03. The number of aryl methyl sites for hydroxylation is 2. The van der Waals surface area contributed by atoms with E-state index >= 15 is 0 Å². The van der Waals surface area contributed by atoms with Crippen molar-refractivity contribution in [2.24, 2.45) is 0 Å². The van der Waals surface area contributed by atoms with Crippen LogP contribution in [0.1, 0.15) is 41.2 Å². The molecule has 1 heterocycles. The minimum Gasteiger partial charge on any atom is -0.497 e. The molecule has 6 heteroatoms. The normalized spacial score (nSPS) is 12.1. The number of Topliss-reactive ketones (excluding diaryl/α,β-unsaturated/α-hetero) is 1. The summed E-state index contributed by atoms with van der Waals surface area (Å²) in [7, 11) is 3.54. The van der Waals surface area contributed by atoms with E-state index in [1.165, 1.54) is 5.56 Å². The number of amides is 1. The van der Waals surface area contributed by atoms with Gasteiger partial charge in [0.2, 0.25) is 5.78 Å². The molecular weight excluding hydrogens is 366 g/mol. The zero-order valence-electron chi connectivity index (χ0n) is 18.5. The van der Waals surface area contributed by atoms with Crippen LogP contribution in [0.15, 0.2) is 30.3 Å². The largest absolute Gasteiger partial charge is 0.497 e. The number of nitrogens with one attached hydrogen (secondary N) is 2. The van der Waals surface area contributed by atoms with Gasteiger partial charge in [0.05, 0.1) is 14.2 Å². The summed E-state index contributed by atoms with van der Waals surface area (Å²) < 4.78 is 7.40. The predicted octanol–water partition coefficient (Wildman–Crippen LogP) is 1.58. The summed E-state index contributed by atoms with van der Waals surface area (Å²) in [6.45, 7) is 9.29. The second-order valence-corrected chi connectivity index (χ2v) is 7.99. The molecule has 2 aromatic rings. The fraction of sp³-hybridized carbons (Fsp3) is 0.478. The van der Waals surface area contributed by atoms with E-state index in [9.17, 15) is 9.59 Å². The average Bonchev–Trinajstić information content (AvgIpc) is 2.93. The lowest BCUT2D eigenvalue weighted by Gasteiger charge is -2.14. The quantitative estimate of drug-likeness (QED) is 0.595. The number of likely N-dealkylation sites (N-methyl/N-ethyl adjacent to an activating group) is 1. The minimum absolute atomic E-state index is 0.0322. The van der Waals surface area contributed by atoms with Crippen LogP contribution < -0.4 is 15.0 Å². The zero-order chi connectivity index (χ0) is 21.6. The number of benzene rings is 1. The topological polar surface area (TPSA) is 64.8 Å². The van der Waals surface area contributed by atoms with Crippen molar-refractivity contribution in [2.75, 3.05) is 27.2 Å². The minimum atomic E-state index is -0.0322. The van der Waals surface area contributed by atoms with E-state index in [2.05, 4.69) is 22.0 Å². The molecule has 2 N–H and O–H groups in total. The van der Waals surface area contributed by atoms with Crippen LogP contribution in [-0.2, 0) is 17.8 Å². The van der Waals surface area contributed by atoms with E-state index in [0.717, 1.165) is 40.6 Å². The summed E-state index contributed by atoms with van der Waals surface area (Å²) in [5.74, 6) is 0.891. The van der Waals surface area contributed by atoms with Gasteiger partial charge in [0, 0.05) is 29.5 Å². The van der Waals surface area contributed by atoms with E-state index in [1.807, 2.05) is 52.9 Å². The first kappa shape index (κ1) is 22.7. The van der Waals surface area contributed by atoms with Crippen LogP contribution in [0.4, 0.5) is 0 Å². The van der Waals surface area contributed by atoms with Crippen molar-refractivity contribution >= 4 is 11.7 Å². The molecule has 0 aliphatic carbocycles. The lowest BCUT2D eigenvalue weighted by atomic mass is 10.1. The van der Waals surface area contributed by atoms with Gasteiger partial charge >= 0.3 is 0 Å². The number of methoxy groups -OCH3 is 1. The van der Waals surface area contributed by atoms with Gasteiger partial charge in [0.1, 0.15) is 12.3 Å². The highest BCUT2D eigenvalue weighted by Gasteiger charge is 2.20. The Morgan fingerprint density at radius 1 is 1.14 bits per heavy atom. The first-order valence-electron chi connectivity index (χ1n) is 10.1. The van der Waals surface area contributed by atoms with Crippen LogP contribution in [0.5, 0.6) is 5.75 Å². The van der Waals surface area contributed by atoms with Gasteiger partial charge in [-0.2, -0.15) is 0 Å². The number of hydrogen-bond acceptors (Lipinski definition) is 3. The molecule has 1 atom stereocenters. The zero-order valence-corrected chi connectivity index (χ0v) is 18.5. The van der Waals surface area contributed by atoms with Gasteiger partial charge in [-0.25, -0.2) is 0 Å². The van der Waals surface area contributed by atoms with Crippen molar-refractivity contribution in [3.8, 4) is 5.75 Å². The Hall–Kier alpha value is -2.60. The van der Waals surface area contributed by atoms with Crippen molar-refractivity contribution in [3.63, 3.8) is 0 Å². The Bertz CT molecular complexity index is 838. The third-order valence-corrected chi connectivity index (χ3v) is 5.03. The molecule has 0 fully saturated rings. The van der Waals surface area contributed by atoms with E-state index in [4.69, 9.17) is 4.74 Å². The monoisotopic (exact) mass is 400 g/mol. The first-order chi connectivity index (χ1) is 13.7. The summed E-state index contributed by atoms with van der Waals surface area (Å²) in [6, 6.07) is 10.1. The number of hydrogen-bond donors (Lipinski definition) is 2. The van der Waals surface area contributed by atoms with Gasteiger partial charge in [-0.3, -0.25) is 9.59 Å². The molecule has 0 aliphatic heterocycles. The number of rotatable bonds is 10. The van der Waals surface area contributed by atoms with Crippen molar-refractivity contribution in [1.82, 2.24) is 9.88 Å². The summed E-state index contributed by atoms with van der Waals surface area (Å²) in [4.78, 5) is 25.6. The number of carbonyl (C=O) groups excluding carboxylic acids is 2. The number of carbonyl (C=O) groups is 2. The molecule has 1 aromatic carbocycles. The number of quaternary nitrogens is 1. The maximum atomic E-state index is 12.8. The SMILES string of the molecule is COc1ccc(CCn2c(C)cc(C(=O)C[NH+](C)CC(=O)NC(C)C)c2C)cc1. The molecule has 158 valence electrons. The summed E-state index contributed by atoms with van der Waals surface area (Å²) in [5, 5.41) is 2.87. The summed E-state index contributed by atoms with van der Waals surface area (Å²) in [6.07, 6.45) is 0.883. The molecule has 0 bridgehead atoms. The van der Waals surface area contributed by atoms with E-state index < -0.39 is 0 Å². The van der Waals surface area contributed by atoms with Crippen LogP contribution in [0.3, 0.4) is 0 Å². The molecular formula is C23H34N3O3+. The summed E-state index contributed by atoms with van der Waals surface area (Å²) >= 11 is 0. The smallest absolute Gasteiger partial charge is 0.275 e. The van der Waals surface area contributed by atoms with Gasteiger partial charge in [-0.15, -0.1) is 0 Å². The van der Waals surface area contributed by atoms with Gasteiger partial charge < -0.3 is 19.5 Å². The Morgan fingerprint density at radius 2 is 1.79 bits per heavy atom. The maximum Gasteiger partial charge on any atom is 0.275 e. The van der Waals surface area contributed by atoms with Crippen LogP contribution in [0.2, 0.25) is 0 Å². The van der Waals surface area contributed by atoms with Crippen LogP contribution in [0, 0.1) is 13.8 Å². The molecule has 0 aliphatic rings. The van der Waals surface area contributed by atoms with E-state index in [1.54, 1.807) is 7.11 Å². The number of nitrogens with zero attached hydrogens (tertiary/aromatic N) is 1. The maximum absolute atomic E-state index is 12.8. The fourth-order valence-electron chi connectivity index (χ4n) is 3.54. The number of aromatic nitrogens is 1. The molecule has 1 unspecified atom stereocenters. The van der Waals surface area contributed by atoms with Gasteiger partial charge in [0.25, 0.3) is 5.91 Å². The predicted molar refractivity (Wildman–Crippen MR) is 115 cm³/mol. The Balaban J connectivity index is 1.99. The van der Waals surface area contributed by atoms with E-state index in [-0.39, 0.29) is 17.7 Å². The molecule has 0 radical (unpaired) electrons. The van der Waals surface area contributed by atoms with Crippen LogP contribution in [-0.4, -0.2) is 49.5 Å². The highest BCUT2D eigenvalue weighted by molar-refractivity contribution is 5.98. The molecule has 6 nitrogen and oxygen atoms in total. The Morgan fingerprint density at radius 3 is 2.38 bits per heavy atom. The Labute approximate surface area is 173 Å². The van der Waals surface area contributed by atoms with Crippen molar-refractivity contribution in [1.29, 1.82) is 0 Å². The van der Waals surface area contributed by atoms with Crippen LogP contribution in [0.25, 0.3) is 0 Å². The molecule has 1 aromatic heterocycles. The average molecular weight is 401 g/mol. The lowest BCUT2D eigenvalue weighted by molar-refractivity contribution is -0.862. The second kappa shape index (κ2) is 10.3. The van der Waals surface area contributed by atoms with Crippen molar-refractivity contribution in [3.05, 3.63) is 52.8 Å². The fourth-order valence-corrected chi connectivity index (χ4v) is 3.54. The lowest BCUT2D eigenvalue weighted by Crippen LogP contribution is -3.11. The highest BCUT2D eigenvalue weighted by atomic mass is 16.5. The van der Waals surface area contributed by atoms with Gasteiger partial charge in [-0.1, -0.05) is 12.1 Å². The van der Waals surface area contributed by atoms with Crippen LogP contribution >= 0.6 is 0 Å².